The van der Waals surface area contributed by atoms with Crippen molar-refractivity contribution in [1.82, 2.24) is 9.47 Å². The minimum Gasteiger partial charge on any atom is -0.497 e. The molecular formula is C22H25N3O4S2. The number of amides is 1. The quantitative estimate of drug-likeness (QED) is 0.689. The molecule has 0 aliphatic carbocycles. The number of hydrogen-bond donors (Lipinski definition) is 1. The Morgan fingerprint density at radius 1 is 1.19 bits per heavy atom. The maximum atomic E-state index is 12.5. The molecular weight excluding hydrogens is 434 g/mol. The molecule has 164 valence electrons. The van der Waals surface area contributed by atoms with Crippen LogP contribution in [0.4, 0.5) is 5.69 Å². The molecule has 2 aliphatic heterocycles. The van der Waals surface area contributed by atoms with Gasteiger partial charge in [0.2, 0.25) is 5.91 Å². The Balaban J connectivity index is 1.35. The van der Waals surface area contributed by atoms with E-state index in [2.05, 4.69) is 10.2 Å². The van der Waals surface area contributed by atoms with Gasteiger partial charge in [-0.2, -0.15) is 0 Å². The number of carbonyl (C=O) groups is 1. The van der Waals surface area contributed by atoms with Gasteiger partial charge in [0.05, 0.1) is 25.7 Å². The van der Waals surface area contributed by atoms with Gasteiger partial charge in [-0.3, -0.25) is 9.59 Å². The summed E-state index contributed by atoms with van der Waals surface area (Å²) in [6, 6.07) is 10.7. The van der Waals surface area contributed by atoms with Crippen molar-refractivity contribution >= 4 is 39.9 Å². The molecule has 31 heavy (non-hydrogen) atoms. The Hall–Kier alpha value is -2.52. The molecule has 2 aromatic rings. The smallest absolute Gasteiger partial charge is 0.250 e. The van der Waals surface area contributed by atoms with Gasteiger partial charge in [0.25, 0.3) is 5.56 Å². The number of aromatic nitrogens is 1. The predicted molar refractivity (Wildman–Crippen MR) is 126 cm³/mol. The Labute approximate surface area is 190 Å². The van der Waals surface area contributed by atoms with E-state index in [9.17, 15) is 9.59 Å². The third-order valence-electron chi connectivity index (χ3n) is 5.75. The molecule has 2 aliphatic rings. The molecule has 2 unspecified atom stereocenters. The van der Waals surface area contributed by atoms with Crippen molar-refractivity contribution < 1.29 is 14.3 Å². The van der Waals surface area contributed by atoms with Crippen molar-refractivity contribution in [2.75, 3.05) is 38.4 Å². The Kier molecular flexibility index (Phi) is 6.52. The molecule has 1 fully saturated rings. The van der Waals surface area contributed by atoms with Gasteiger partial charge in [-0.25, -0.2) is 0 Å². The maximum Gasteiger partial charge on any atom is 0.250 e. The van der Waals surface area contributed by atoms with Crippen molar-refractivity contribution in [2.45, 2.75) is 18.9 Å². The fourth-order valence-corrected chi connectivity index (χ4v) is 5.34. The number of carbonyl (C=O) groups excluding carboxylic acids is 1. The maximum absolute atomic E-state index is 12.5. The standard InChI is InChI=1S/C22H25N3O4S2/c1-28-16-6-7-17(19(9-16)29-2)23-20(26)13-31-22(30)24-10-14-8-15(12-24)18-4-3-5-21(27)25(18)11-14/h3-7,9,14-15H,8,10-13H2,1-2H3,(H,23,26). The number of hydrogen-bond acceptors (Lipinski definition) is 6. The lowest BCUT2D eigenvalue weighted by Gasteiger charge is -2.43. The summed E-state index contributed by atoms with van der Waals surface area (Å²) in [5.41, 5.74) is 1.75. The fourth-order valence-electron chi connectivity index (χ4n) is 4.35. The van der Waals surface area contributed by atoms with Crippen LogP contribution in [0.3, 0.4) is 0 Å². The number of likely N-dealkylation sites (tertiary alicyclic amines) is 1. The van der Waals surface area contributed by atoms with Gasteiger partial charge in [0.1, 0.15) is 15.8 Å². The summed E-state index contributed by atoms with van der Waals surface area (Å²) in [7, 11) is 3.13. The van der Waals surface area contributed by atoms with E-state index in [0.29, 0.717) is 23.1 Å². The zero-order valence-corrected chi connectivity index (χ0v) is 19.1. The number of fused-ring (bicyclic) bond motifs is 4. The summed E-state index contributed by atoms with van der Waals surface area (Å²) >= 11 is 7.01. The summed E-state index contributed by atoms with van der Waals surface area (Å²) in [5, 5.41) is 2.87. The average molecular weight is 460 g/mol. The molecule has 2 bridgehead atoms. The van der Waals surface area contributed by atoms with Crippen LogP contribution in [-0.4, -0.2) is 52.8 Å². The molecule has 1 aromatic heterocycles. The van der Waals surface area contributed by atoms with Crippen molar-refractivity contribution in [3.8, 4) is 11.5 Å². The number of anilines is 1. The highest BCUT2D eigenvalue weighted by molar-refractivity contribution is 8.23. The van der Waals surface area contributed by atoms with Gasteiger partial charge < -0.3 is 24.3 Å². The van der Waals surface area contributed by atoms with Gasteiger partial charge in [0.15, 0.2) is 0 Å². The van der Waals surface area contributed by atoms with Crippen LogP contribution in [0.2, 0.25) is 0 Å². The highest BCUT2D eigenvalue weighted by atomic mass is 32.2. The largest absolute Gasteiger partial charge is 0.497 e. The number of nitrogens with zero attached hydrogens (tertiary/aromatic N) is 2. The lowest BCUT2D eigenvalue weighted by Crippen LogP contribution is -2.48. The van der Waals surface area contributed by atoms with Crippen molar-refractivity contribution in [2.24, 2.45) is 5.92 Å². The number of pyridine rings is 1. The van der Waals surface area contributed by atoms with E-state index in [1.54, 1.807) is 38.5 Å². The highest BCUT2D eigenvalue weighted by Gasteiger charge is 2.35. The minimum absolute atomic E-state index is 0.0724. The van der Waals surface area contributed by atoms with Gasteiger partial charge in [-0.15, -0.1) is 0 Å². The van der Waals surface area contributed by atoms with Crippen LogP contribution in [0, 0.1) is 5.92 Å². The number of nitrogens with one attached hydrogen (secondary N) is 1. The first-order valence-corrected chi connectivity index (χ1v) is 11.5. The molecule has 0 radical (unpaired) electrons. The summed E-state index contributed by atoms with van der Waals surface area (Å²) in [4.78, 5) is 26.8. The zero-order chi connectivity index (χ0) is 22.0. The monoisotopic (exact) mass is 459 g/mol. The Morgan fingerprint density at radius 2 is 2.03 bits per heavy atom. The van der Waals surface area contributed by atoms with E-state index >= 15 is 0 Å². The normalized spacial score (nSPS) is 19.4. The van der Waals surface area contributed by atoms with Crippen LogP contribution in [0.1, 0.15) is 18.0 Å². The fraction of sp³-hybridized carbons (Fsp3) is 0.409. The minimum atomic E-state index is -0.148. The van der Waals surface area contributed by atoms with Crippen molar-refractivity contribution in [1.29, 1.82) is 0 Å². The van der Waals surface area contributed by atoms with E-state index in [1.165, 1.54) is 11.8 Å². The number of benzene rings is 1. The molecule has 1 amide bonds. The summed E-state index contributed by atoms with van der Waals surface area (Å²) in [6.45, 7) is 2.32. The number of ether oxygens (including phenoxy) is 2. The van der Waals surface area contributed by atoms with Gasteiger partial charge in [0, 0.05) is 43.4 Å². The first kappa shape index (κ1) is 21.7. The zero-order valence-electron chi connectivity index (χ0n) is 17.5. The predicted octanol–water partition coefficient (Wildman–Crippen LogP) is 2.94. The molecule has 0 saturated carbocycles. The first-order chi connectivity index (χ1) is 15.0. The number of thioether (sulfide) groups is 1. The second kappa shape index (κ2) is 9.32. The van der Waals surface area contributed by atoms with E-state index in [1.807, 2.05) is 16.7 Å². The Bertz CT molecular complexity index is 1060. The number of methoxy groups -OCH3 is 2. The van der Waals surface area contributed by atoms with Gasteiger partial charge in [-0.05, 0) is 30.5 Å². The van der Waals surface area contributed by atoms with Crippen LogP contribution in [0.15, 0.2) is 41.2 Å². The molecule has 1 saturated heterocycles. The topological polar surface area (TPSA) is 72.8 Å². The molecule has 4 rings (SSSR count). The van der Waals surface area contributed by atoms with Crippen molar-refractivity contribution in [3.05, 3.63) is 52.4 Å². The van der Waals surface area contributed by atoms with E-state index in [0.717, 1.165) is 36.1 Å². The second-order valence-corrected chi connectivity index (χ2v) is 9.38. The molecule has 3 heterocycles. The third kappa shape index (κ3) is 4.72. The molecule has 1 aromatic carbocycles. The first-order valence-electron chi connectivity index (χ1n) is 10.1. The lowest BCUT2D eigenvalue weighted by molar-refractivity contribution is -0.113. The van der Waals surface area contributed by atoms with Crippen LogP contribution in [0.5, 0.6) is 11.5 Å². The number of rotatable bonds is 5. The molecule has 1 N–H and O–H groups in total. The molecule has 2 atom stereocenters. The summed E-state index contributed by atoms with van der Waals surface area (Å²) in [6.07, 6.45) is 1.07. The number of thiocarbonyl (C=S) groups is 1. The molecule has 9 heteroatoms. The van der Waals surface area contributed by atoms with Gasteiger partial charge >= 0.3 is 0 Å². The second-order valence-electron chi connectivity index (χ2n) is 7.77. The number of piperidine rings is 1. The van der Waals surface area contributed by atoms with Crippen LogP contribution >= 0.6 is 24.0 Å². The molecule has 0 spiro atoms. The highest BCUT2D eigenvalue weighted by Crippen LogP contribution is 2.36. The summed E-state index contributed by atoms with van der Waals surface area (Å²) in [5.74, 6) is 1.95. The van der Waals surface area contributed by atoms with Crippen LogP contribution in [-0.2, 0) is 11.3 Å². The Morgan fingerprint density at radius 3 is 2.81 bits per heavy atom. The van der Waals surface area contributed by atoms with E-state index < -0.39 is 0 Å². The average Bonchev–Trinajstić information content (AvgIpc) is 2.78. The van der Waals surface area contributed by atoms with E-state index in [-0.39, 0.29) is 23.1 Å². The van der Waals surface area contributed by atoms with Crippen LogP contribution in [0.25, 0.3) is 0 Å². The molecule has 7 nitrogen and oxygen atoms in total. The SMILES string of the molecule is COc1ccc(NC(=O)CSC(=S)N2CC3CC(C2)c2cccc(=O)n2C3)c(OC)c1. The van der Waals surface area contributed by atoms with Crippen LogP contribution < -0.4 is 20.3 Å². The third-order valence-corrected chi connectivity index (χ3v) is 7.27. The lowest BCUT2D eigenvalue weighted by atomic mass is 9.83. The van der Waals surface area contributed by atoms with E-state index in [4.69, 9.17) is 21.7 Å². The van der Waals surface area contributed by atoms with Gasteiger partial charge in [-0.1, -0.05) is 30.0 Å². The van der Waals surface area contributed by atoms with Crippen molar-refractivity contribution in [3.63, 3.8) is 0 Å². The summed E-state index contributed by atoms with van der Waals surface area (Å²) < 4.78 is 13.1.